The molecule has 1 N–H and O–H groups in total. The average Bonchev–Trinajstić information content (AvgIpc) is 2.88. The SMILES string of the molecule is CC1(C)CN(C(=O)C2Cc3ccccc3O2)CC(CO)O1. The summed E-state index contributed by atoms with van der Waals surface area (Å²) in [4.78, 5) is 14.4. The van der Waals surface area contributed by atoms with Crippen LogP contribution in [0.5, 0.6) is 5.75 Å². The zero-order valence-corrected chi connectivity index (χ0v) is 12.4. The van der Waals surface area contributed by atoms with E-state index in [-0.39, 0.29) is 18.6 Å². The molecule has 1 fully saturated rings. The van der Waals surface area contributed by atoms with Gasteiger partial charge in [0.05, 0.1) is 18.3 Å². The molecular weight excluding hydrogens is 270 g/mol. The summed E-state index contributed by atoms with van der Waals surface area (Å²) in [5, 5.41) is 9.34. The summed E-state index contributed by atoms with van der Waals surface area (Å²) in [6, 6.07) is 7.74. The lowest BCUT2D eigenvalue weighted by Crippen LogP contribution is -2.57. The van der Waals surface area contributed by atoms with E-state index >= 15 is 0 Å². The lowest BCUT2D eigenvalue weighted by Gasteiger charge is -2.42. The molecule has 2 heterocycles. The maximum absolute atomic E-state index is 12.7. The van der Waals surface area contributed by atoms with Crippen molar-refractivity contribution in [3.8, 4) is 5.75 Å². The number of aliphatic hydroxyl groups is 1. The number of morpholine rings is 1. The molecule has 2 aliphatic rings. The van der Waals surface area contributed by atoms with E-state index in [1.165, 1.54) is 0 Å². The van der Waals surface area contributed by atoms with Crippen LogP contribution < -0.4 is 4.74 Å². The number of para-hydroxylation sites is 1. The van der Waals surface area contributed by atoms with Crippen LogP contribution >= 0.6 is 0 Å². The minimum absolute atomic E-state index is 0.0268. The highest BCUT2D eigenvalue weighted by Crippen LogP contribution is 2.30. The molecule has 0 aliphatic carbocycles. The molecule has 114 valence electrons. The van der Waals surface area contributed by atoms with E-state index in [0.717, 1.165) is 11.3 Å². The van der Waals surface area contributed by atoms with Crippen molar-refractivity contribution in [2.45, 2.75) is 38.1 Å². The lowest BCUT2D eigenvalue weighted by atomic mass is 10.0. The summed E-state index contributed by atoms with van der Waals surface area (Å²) in [7, 11) is 0. The highest BCUT2D eigenvalue weighted by Gasteiger charge is 2.39. The van der Waals surface area contributed by atoms with E-state index in [0.29, 0.717) is 19.5 Å². The Morgan fingerprint density at radius 3 is 2.90 bits per heavy atom. The van der Waals surface area contributed by atoms with Gasteiger partial charge in [0.25, 0.3) is 5.91 Å². The van der Waals surface area contributed by atoms with Crippen molar-refractivity contribution < 1.29 is 19.4 Å². The summed E-state index contributed by atoms with van der Waals surface area (Å²) in [6.07, 6.45) is -0.187. The first kappa shape index (κ1) is 14.4. The number of hydrogen-bond donors (Lipinski definition) is 1. The fraction of sp³-hybridized carbons (Fsp3) is 0.562. The number of hydrogen-bond acceptors (Lipinski definition) is 4. The van der Waals surface area contributed by atoms with E-state index < -0.39 is 11.7 Å². The maximum atomic E-state index is 12.7. The molecule has 1 aromatic carbocycles. The number of nitrogens with zero attached hydrogens (tertiary/aromatic N) is 1. The van der Waals surface area contributed by atoms with Crippen molar-refractivity contribution in [1.82, 2.24) is 4.90 Å². The summed E-state index contributed by atoms with van der Waals surface area (Å²) >= 11 is 0. The smallest absolute Gasteiger partial charge is 0.264 e. The second-order valence-electron chi connectivity index (χ2n) is 6.32. The first-order chi connectivity index (χ1) is 9.98. The number of carbonyl (C=O) groups excluding carboxylic acids is 1. The van der Waals surface area contributed by atoms with Gasteiger partial charge in [0, 0.05) is 19.5 Å². The van der Waals surface area contributed by atoms with Crippen LogP contribution in [0.4, 0.5) is 0 Å². The lowest BCUT2D eigenvalue weighted by molar-refractivity contribution is -0.171. The van der Waals surface area contributed by atoms with Gasteiger partial charge in [0.15, 0.2) is 6.10 Å². The van der Waals surface area contributed by atoms with Crippen molar-refractivity contribution in [2.24, 2.45) is 0 Å². The van der Waals surface area contributed by atoms with Gasteiger partial charge in [-0.1, -0.05) is 18.2 Å². The fourth-order valence-electron chi connectivity index (χ4n) is 3.08. The number of rotatable bonds is 2. The summed E-state index contributed by atoms with van der Waals surface area (Å²) in [5.74, 6) is 0.767. The predicted molar refractivity (Wildman–Crippen MR) is 77.2 cm³/mol. The molecule has 21 heavy (non-hydrogen) atoms. The highest BCUT2D eigenvalue weighted by molar-refractivity contribution is 5.83. The summed E-state index contributed by atoms with van der Waals surface area (Å²) in [5.41, 5.74) is 0.620. The number of carbonyl (C=O) groups is 1. The third-order valence-corrected chi connectivity index (χ3v) is 3.92. The van der Waals surface area contributed by atoms with E-state index in [1.54, 1.807) is 4.90 Å². The molecule has 0 spiro atoms. The van der Waals surface area contributed by atoms with E-state index in [9.17, 15) is 9.90 Å². The Hall–Kier alpha value is -1.59. The quantitative estimate of drug-likeness (QED) is 0.883. The van der Waals surface area contributed by atoms with Gasteiger partial charge in [0.1, 0.15) is 5.75 Å². The third-order valence-electron chi connectivity index (χ3n) is 3.92. The fourth-order valence-corrected chi connectivity index (χ4v) is 3.08. The summed E-state index contributed by atoms with van der Waals surface area (Å²) in [6.45, 7) is 4.70. The average molecular weight is 291 g/mol. The number of fused-ring (bicyclic) bond motifs is 1. The second kappa shape index (κ2) is 5.31. The van der Waals surface area contributed by atoms with Crippen LogP contribution in [-0.2, 0) is 16.0 Å². The van der Waals surface area contributed by atoms with Crippen molar-refractivity contribution in [2.75, 3.05) is 19.7 Å². The first-order valence-corrected chi connectivity index (χ1v) is 7.30. The predicted octanol–water partition coefficient (Wildman–Crippen LogP) is 0.988. The van der Waals surface area contributed by atoms with Crippen molar-refractivity contribution in [1.29, 1.82) is 0 Å². The Morgan fingerprint density at radius 2 is 2.19 bits per heavy atom. The Balaban J connectivity index is 1.71. The molecule has 1 saturated heterocycles. The van der Waals surface area contributed by atoms with Gasteiger partial charge in [-0.15, -0.1) is 0 Å². The Morgan fingerprint density at radius 1 is 1.43 bits per heavy atom. The second-order valence-corrected chi connectivity index (χ2v) is 6.32. The van der Waals surface area contributed by atoms with Gasteiger partial charge in [-0.25, -0.2) is 0 Å². The van der Waals surface area contributed by atoms with Crippen LogP contribution in [0.1, 0.15) is 19.4 Å². The number of aliphatic hydroxyl groups excluding tert-OH is 1. The molecule has 5 heteroatoms. The first-order valence-electron chi connectivity index (χ1n) is 7.30. The topological polar surface area (TPSA) is 59.0 Å². The van der Waals surface area contributed by atoms with Gasteiger partial charge in [-0.3, -0.25) is 4.79 Å². The Labute approximate surface area is 124 Å². The highest BCUT2D eigenvalue weighted by atomic mass is 16.5. The van der Waals surface area contributed by atoms with Gasteiger partial charge in [-0.2, -0.15) is 0 Å². The number of benzene rings is 1. The van der Waals surface area contributed by atoms with Crippen LogP contribution in [0.15, 0.2) is 24.3 Å². The van der Waals surface area contributed by atoms with Crippen LogP contribution in [0.2, 0.25) is 0 Å². The molecule has 5 nitrogen and oxygen atoms in total. The molecule has 1 amide bonds. The molecule has 3 rings (SSSR count). The molecule has 2 unspecified atom stereocenters. The molecule has 0 aromatic heterocycles. The van der Waals surface area contributed by atoms with E-state index in [2.05, 4.69) is 0 Å². The third kappa shape index (κ3) is 2.89. The van der Waals surface area contributed by atoms with Crippen LogP contribution in [-0.4, -0.2) is 53.4 Å². The van der Waals surface area contributed by atoms with Crippen molar-refractivity contribution in [3.05, 3.63) is 29.8 Å². The van der Waals surface area contributed by atoms with Crippen molar-refractivity contribution >= 4 is 5.91 Å². The molecule has 2 aliphatic heterocycles. The zero-order valence-electron chi connectivity index (χ0n) is 12.4. The molecule has 0 saturated carbocycles. The van der Waals surface area contributed by atoms with Gasteiger partial charge in [-0.05, 0) is 25.5 Å². The van der Waals surface area contributed by atoms with Gasteiger partial charge >= 0.3 is 0 Å². The normalized spacial score (nSPS) is 27.1. The minimum Gasteiger partial charge on any atom is -0.480 e. The molecule has 0 radical (unpaired) electrons. The zero-order chi connectivity index (χ0) is 15.0. The van der Waals surface area contributed by atoms with Crippen LogP contribution in [0.3, 0.4) is 0 Å². The van der Waals surface area contributed by atoms with E-state index in [4.69, 9.17) is 9.47 Å². The molecule has 2 atom stereocenters. The molecule has 1 aromatic rings. The maximum Gasteiger partial charge on any atom is 0.264 e. The van der Waals surface area contributed by atoms with Crippen LogP contribution in [0, 0.1) is 0 Å². The van der Waals surface area contributed by atoms with Gasteiger partial charge in [0.2, 0.25) is 0 Å². The molecular formula is C16H21NO4. The van der Waals surface area contributed by atoms with E-state index in [1.807, 2.05) is 38.1 Å². The number of amides is 1. The monoisotopic (exact) mass is 291 g/mol. The van der Waals surface area contributed by atoms with Crippen molar-refractivity contribution in [3.63, 3.8) is 0 Å². The molecule has 0 bridgehead atoms. The standard InChI is InChI=1S/C16H21NO4/c1-16(2)10-17(8-12(9-18)21-16)15(19)14-7-11-5-3-4-6-13(11)20-14/h3-6,12,14,18H,7-10H2,1-2H3. The Kier molecular flexibility index (Phi) is 3.63. The largest absolute Gasteiger partial charge is 0.480 e. The minimum atomic E-state index is -0.462. The Bertz CT molecular complexity index is 518. The number of ether oxygens (including phenoxy) is 2. The van der Waals surface area contributed by atoms with Crippen LogP contribution in [0.25, 0.3) is 0 Å². The summed E-state index contributed by atoms with van der Waals surface area (Å²) < 4.78 is 11.5. The van der Waals surface area contributed by atoms with Gasteiger partial charge < -0.3 is 19.5 Å².